The van der Waals surface area contributed by atoms with Crippen molar-refractivity contribution in [1.29, 1.82) is 0 Å². The van der Waals surface area contributed by atoms with Gasteiger partial charge in [0.2, 0.25) is 10.0 Å². The lowest BCUT2D eigenvalue weighted by atomic mass is 10.1. The molecule has 0 amide bonds. The minimum atomic E-state index is -4.08. The minimum Gasteiger partial charge on any atom is -0.375 e. The standard InChI is InChI=1S/C15H15ClN2O5S/c1-23-14(11-6-2-3-7-12(11)16)10-17-24(21,22)15-9-5-4-8-13(15)18(19)20/h2-9,14,17H,10H2,1H3. The number of nitrogens with zero attached hydrogens (tertiary/aromatic N) is 1. The molecule has 0 bridgehead atoms. The summed E-state index contributed by atoms with van der Waals surface area (Å²) in [7, 11) is -2.65. The third-order valence-electron chi connectivity index (χ3n) is 3.35. The largest absolute Gasteiger partial charge is 0.375 e. The van der Waals surface area contributed by atoms with Crippen molar-refractivity contribution in [2.24, 2.45) is 0 Å². The van der Waals surface area contributed by atoms with Crippen molar-refractivity contribution in [2.45, 2.75) is 11.0 Å². The number of hydrogen-bond acceptors (Lipinski definition) is 5. The zero-order valence-corrected chi connectivity index (χ0v) is 14.3. The van der Waals surface area contributed by atoms with E-state index < -0.39 is 31.6 Å². The summed E-state index contributed by atoms with van der Waals surface area (Å²) < 4.78 is 32.4. The summed E-state index contributed by atoms with van der Waals surface area (Å²) in [5, 5.41) is 11.4. The van der Waals surface area contributed by atoms with Crippen LogP contribution in [0.5, 0.6) is 0 Å². The van der Waals surface area contributed by atoms with E-state index in [1.165, 1.54) is 25.3 Å². The summed E-state index contributed by atoms with van der Waals surface area (Å²) in [5.74, 6) is 0. The van der Waals surface area contributed by atoms with Crippen LogP contribution in [0.1, 0.15) is 11.7 Å². The van der Waals surface area contributed by atoms with Crippen LogP contribution >= 0.6 is 11.6 Å². The molecule has 0 saturated heterocycles. The van der Waals surface area contributed by atoms with Gasteiger partial charge in [-0.25, -0.2) is 13.1 Å². The second-order valence-electron chi connectivity index (χ2n) is 4.82. The molecule has 7 nitrogen and oxygen atoms in total. The first-order valence-electron chi connectivity index (χ1n) is 6.87. The number of nitrogens with one attached hydrogen (secondary N) is 1. The van der Waals surface area contributed by atoms with Gasteiger partial charge in [0.1, 0.15) is 0 Å². The van der Waals surface area contributed by atoms with Gasteiger partial charge in [0.25, 0.3) is 5.69 Å². The minimum absolute atomic E-state index is 0.116. The molecule has 9 heteroatoms. The molecule has 0 aliphatic heterocycles. The van der Waals surface area contributed by atoms with Crippen molar-refractivity contribution in [3.05, 3.63) is 69.2 Å². The maximum Gasteiger partial charge on any atom is 0.289 e. The molecule has 1 atom stereocenters. The molecule has 2 aromatic rings. The molecule has 0 radical (unpaired) electrons. The van der Waals surface area contributed by atoms with E-state index in [2.05, 4.69) is 4.72 Å². The highest BCUT2D eigenvalue weighted by Crippen LogP contribution is 2.26. The van der Waals surface area contributed by atoms with Crippen LogP contribution in [0, 0.1) is 10.1 Å². The van der Waals surface area contributed by atoms with Gasteiger partial charge < -0.3 is 4.74 Å². The van der Waals surface area contributed by atoms with Crippen LogP contribution in [0.2, 0.25) is 5.02 Å². The molecule has 2 rings (SSSR count). The van der Waals surface area contributed by atoms with Gasteiger partial charge in [-0.2, -0.15) is 0 Å². The second kappa shape index (κ2) is 7.71. The summed E-state index contributed by atoms with van der Waals surface area (Å²) >= 11 is 6.09. The average molecular weight is 371 g/mol. The van der Waals surface area contributed by atoms with Gasteiger partial charge >= 0.3 is 0 Å². The molecular weight excluding hydrogens is 356 g/mol. The number of para-hydroxylation sites is 1. The van der Waals surface area contributed by atoms with Crippen molar-refractivity contribution in [3.63, 3.8) is 0 Å². The predicted molar refractivity (Wildman–Crippen MR) is 89.5 cm³/mol. The third-order valence-corrected chi connectivity index (χ3v) is 5.16. The Kier molecular flexibility index (Phi) is 5.89. The van der Waals surface area contributed by atoms with Crippen molar-refractivity contribution in [2.75, 3.05) is 13.7 Å². The van der Waals surface area contributed by atoms with Gasteiger partial charge in [0.05, 0.1) is 11.0 Å². The Bertz CT molecular complexity index is 841. The molecule has 0 aliphatic carbocycles. The number of hydrogen-bond donors (Lipinski definition) is 1. The normalized spacial score (nSPS) is 12.8. The maximum absolute atomic E-state index is 12.4. The average Bonchev–Trinajstić information content (AvgIpc) is 2.56. The number of nitro benzene ring substituents is 1. The Morgan fingerprint density at radius 1 is 1.21 bits per heavy atom. The number of ether oxygens (including phenoxy) is 1. The summed E-state index contributed by atoms with van der Waals surface area (Å²) in [5.41, 5.74) is 0.128. The Morgan fingerprint density at radius 2 is 1.83 bits per heavy atom. The van der Waals surface area contributed by atoms with E-state index in [0.29, 0.717) is 10.6 Å². The summed E-state index contributed by atoms with van der Waals surface area (Å²) in [4.78, 5) is 9.86. The highest BCUT2D eigenvalue weighted by Gasteiger charge is 2.26. The maximum atomic E-state index is 12.4. The van der Waals surface area contributed by atoms with Crippen LogP contribution in [0.3, 0.4) is 0 Å². The van der Waals surface area contributed by atoms with Crippen molar-refractivity contribution < 1.29 is 18.1 Å². The number of rotatable bonds is 7. The Hall–Kier alpha value is -2.00. The Balaban J connectivity index is 2.24. The quantitative estimate of drug-likeness (QED) is 0.596. The van der Waals surface area contributed by atoms with E-state index in [1.54, 1.807) is 24.3 Å². The monoisotopic (exact) mass is 370 g/mol. The zero-order valence-electron chi connectivity index (χ0n) is 12.7. The van der Waals surface area contributed by atoms with Crippen LogP contribution in [-0.4, -0.2) is 27.0 Å². The van der Waals surface area contributed by atoms with Crippen LogP contribution in [0.25, 0.3) is 0 Å². The summed E-state index contributed by atoms with van der Waals surface area (Å²) in [6.45, 7) is -0.116. The topological polar surface area (TPSA) is 98.5 Å². The number of benzene rings is 2. The van der Waals surface area contributed by atoms with E-state index >= 15 is 0 Å². The molecular formula is C15H15ClN2O5S. The Labute approximate surface area is 144 Å². The van der Waals surface area contributed by atoms with E-state index in [-0.39, 0.29) is 6.54 Å². The molecule has 0 saturated carbocycles. The Morgan fingerprint density at radius 3 is 2.46 bits per heavy atom. The van der Waals surface area contributed by atoms with Gasteiger partial charge in [-0.05, 0) is 12.1 Å². The van der Waals surface area contributed by atoms with Crippen LogP contribution < -0.4 is 4.72 Å². The molecule has 0 aromatic heterocycles. The fraction of sp³-hybridized carbons (Fsp3) is 0.200. The van der Waals surface area contributed by atoms with Crippen LogP contribution in [-0.2, 0) is 14.8 Å². The summed E-state index contributed by atoms with van der Waals surface area (Å²) in [6.07, 6.45) is -0.628. The summed E-state index contributed by atoms with van der Waals surface area (Å²) in [6, 6.07) is 12.0. The first-order chi connectivity index (χ1) is 11.4. The smallest absolute Gasteiger partial charge is 0.289 e. The first kappa shape index (κ1) is 18.3. The zero-order chi connectivity index (χ0) is 17.7. The molecule has 1 unspecified atom stereocenters. The highest BCUT2D eigenvalue weighted by molar-refractivity contribution is 7.89. The van der Waals surface area contributed by atoms with E-state index in [4.69, 9.17) is 16.3 Å². The molecule has 1 N–H and O–H groups in total. The van der Waals surface area contributed by atoms with E-state index in [9.17, 15) is 18.5 Å². The third kappa shape index (κ3) is 4.09. The highest BCUT2D eigenvalue weighted by atomic mass is 35.5. The molecule has 0 fully saturated rings. The fourth-order valence-corrected chi connectivity index (χ4v) is 3.61. The number of sulfonamides is 1. The van der Waals surface area contributed by atoms with Crippen molar-refractivity contribution in [3.8, 4) is 0 Å². The molecule has 0 heterocycles. The fourth-order valence-electron chi connectivity index (χ4n) is 2.15. The number of halogens is 1. The number of nitro groups is 1. The van der Waals surface area contributed by atoms with Gasteiger partial charge in [0, 0.05) is 30.3 Å². The van der Waals surface area contributed by atoms with Gasteiger partial charge in [-0.3, -0.25) is 10.1 Å². The molecule has 0 spiro atoms. The lowest BCUT2D eigenvalue weighted by molar-refractivity contribution is -0.387. The molecule has 0 aliphatic rings. The van der Waals surface area contributed by atoms with Crippen molar-refractivity contribution >= 4 is 27.3 Å². The van der Waals surface area contributed by atoms with E-state index in [1.807, 2.05) is 0 Å². The lowest BCUT2D eigenvalue weighted by Gasteiger charge is -2.17. The van der Waals surface area contributed by atoms with Crippen molar-refractivity contribution in [1.82, 2.24) is 4.72 Å². The van der Waals surface area contributed by atoms with Crippen LogP contribution in [0.15, 0.2) is 53.4 Å². The molecule has 24 heavy (non-hydrogen) atoms. The van der Waals surface area contributed by atoms with Gasteiger partial charge in [-0.1, -0.05) is 41.9 Å². The van der Waals surface area contributed by atoms with Gasteiger partial charge in [-0.15, -0.1) is 0 Å². The second-order valence-corrected chi connectivity index (χ2v) is 6.97. The number of methoxy groups -OCH3 is 1. The SMILES string of the molecule is COC(CNS(=O)(=O)c1ccccc1[N+](=O)[O-])c1ccccc1Cl. The first-order valence-corrected chi connectivity index (χ1v) is 8.73. The lowest BCUT2D eigenvalue weighted by Crippen LogP contribution is -2.29. The molecule has 128 valence electrons. The van der Waals surface area contributed by atoms with Crippen LogP contribution in [0.4, 0.5) is 5.69 Å². The predicted octanol–water partition coefficient (Wildman–Crippen LogP) is 2.91. The molecule has 2 aromatic carbocycles. The van der Waals surface area contributed by atoms with Gasteiger partial charge in [0.15, 0.2) is 4.90 Å². The van der Waals surface area contributed by atoms with E-state index in [0.717, 1.165) is 6.07 Å².